The maximum atomic E-state index is 12.2. The van der Waals surface area contributed by atoms with Gasteiger partial charge in [-0.3, -0.25) is 4.79 Å². The zero-order valence-corrected chi connectivity index (χ0v) is 22.7. The molecule has 0 aliphatic carbocycles. The molecule has 0 fully saturated rings. The van der Waals surface area contributed by atoms with Gasteiger partial charge in [0.05, 0.1) is 0 Å². The number of benzene rings is 3. The van der Waals surface area contributed by atoms with Crippen LogP contribution >= 0.6 is 23.4 Å². The van der Waals surface area contributed by atoms with Crippen LogP contribution in [0.4, 0.5) is 5.82 Å². The van der Waals surface area contributed by atoms with Crippen molar-refractivity contribution >= 4 is 35.1 Å². The molecule has 0 saturated heterocycles. The van der Waals surface area contributed by atoms with Crippen LogP contribution in [-0.2, 0) is 18.7 Å². The largest absolute Gasteiger partial charge is 0.352 e. The van der Waals surface area contributed by atoms with E-state index in [1.165, 1.54) is 22.9 Å². The van der Waals surface area contributed by atoms with E-state index < -0.39 is 0 Å². The molecule has 1 amide bonds. The molecule has 5 nitrogen and oxygen atoms in total. The van der Waals surface area contributed by atoms with Crippen molar-refractivity contribution in [1.29, 1.82) is 0 Å². The highest BCUT2D eigenvalue weighted by molar-refractivity contribution is 7.98. The minimum atomic E-state index is -0.0639. The summed E-state index contributed by atoms with van der Waals surface area (Å²) in [5.41, 5.74) is 4.22. The van der Waals surface area contributed by atoms with Crippen molar-refractivity contribution in [2.24, 2.45) is 0 Å². The van der Waals surface area contributed by atoms with E-state index in [4.69, 9.17) is 16.6 Å². The summed E-state index contributed by atoms with van der Waals surface area (Å²) in [4.78, 5) is 23.8. The van der Waals surface area contributed by atoms with Crippen molar-refractivity contribution in [3.05, 3.63) is 118 Å². The summed E-state index contributed by atoms with van der Waals surface area (Å²) in [7, 11) is 0. The lowest BCUT2D eigenvalue weighted by Gasteiger charge is -2.24. The van der Waals surface area contributed by atoms with E-state index in [-0.39, 0.29) is 11.9 Å². The number of aromatic nitrogens is 2. The van der Waals surface area contributed by atoms with Crippen LogP contribution in [0.1, 0.15) is 40.9 Å². The van der Waals surface area contributed by atoms with Crippen LogP contribution < -0.4 is 10.2 Å². The molecule has 1 aromatic heterocycles. The predicted molar refractivity (Wildman–Crippen MR) is 153 cm³/mol. The number of nitrogens with zero attached hydrogens (tertiary/aromatic N) is 3. The molecule has 3 aromatic carbocycles. The smallest absolute Gasteiger partial charge is 0.251 e. The maximum absolute atomic E-state index is 12.2. The summed E-state index contributed by atoms with van der Waals surface area (Å²) in [6.45, 7) is 5.43. The quantitative estimate of drug-likeness (QED) is 0.131. The normalized spacial score (nSPS) is 10.9. The molecule has 0 spiro atoms. The number of thioether (sulfide) groups is 1. The Kier molecular flexibility index (Phi) is 9.58. The molecule has 4 rings (SSSR count). The van der Waals surface area contributed by atoms with Crippen molar-refractivity contribution in [1.82, 2.24) is 15.3 Å². The van der Waals surface area contributed by atoms with Gasteiger partial charge in [0.25, 0.3) is 5.91 Å². The third kappa shape index (κ3) is 8.34. The number of carbonyl (C=O) groups excluding carboxylic acids is 1. The second-order valence-corrected chi connectivity index (χ2v) is 10.4. The van der Waals surface area contributed by atoms with E-state index in [1.54, 1.807) is 0 Å². The summed E-state index contributed by atoms with van der Waals surface area (Å²) in [5.74, 6) is 1.42. The number of carbonyl (C=O) groups is 1. The Morgan fingerprint density at radius 3 is 2.19 bits per heavy atom. The van der Waals surface area contributed by atoms with Crippen molar-refractivity contribution in [3.63, 3.8) is 0 Å². The SMILES string of the molecule is CC(C)NC(=O)c1ccc(CSc2nc(Cl)cc(N(CCc3ccccc3)Cc3ccccc3)n2)cc1. The van der Waals surface area contributed by atoms with Gasteiger partial charge in [-0.05, 0) is 49.1 Å². The van der Waals surface area contributed by atoms with Gasteiger partial charge in [0, 0.05) is 36.5 Å². The average molecular weight is 531 g/mol. The lowest BCUT2D eigenvalue weighted by molar-refractivity contribution is 0.0943. The molecule has 0 radical (unpaired) electrons. The molecular formula is C30H31ClN4OS. The fourth-order valence-corrected chi connectivity index (χ4v) is 4.88. The van der Waals surface area contributed by atoms with Crippen LogP contribution in [0, 0.1) is 0 Å². The monoisotopic (exact) mass is 530 g/mol. The first-order valence-corrected chi connectivity index (χ1v) is 13.7. The van der Waals surface area contributed by atoms with E-state index in [2.05, 4.69) is 63.7 Å². The summed E-state index contributed by atoms with van der Waals surface area (Å²) in [6.07, 6.45) is 0.897. The number of nitrogens with one attached hydrogen (secondary N) is 1. The van der Waals surface area contributed by atoms with Crippen LogP contribution in [0.25, 0.3) is 0 Å². The number of amides is 1. The van der Waals surface area contributed by atoms with Crippen molar-refractivity contribution < 1.29 is 4.79 Å². The Labute approximate surface area is 228 Å². The zero-order chi connectivity index (χ0) is 26.0. The maximum Gasteiger partial charge on any atom is 0.251 e. The summed E-state index contributed by atoms with van der Waals surface area (Å²) < 4.78 is 0. The topological polar surface area (TPSA) is 58.1 Å². The van der Waals surface area contributed by atoms with Gasteiger partial charge in [0.1, 0.15) is 11.0 Å². The van der Waals surface area contributed by atoms with E-state index >= 15 is 0 Å². The van der Waals surface area contributed by atoms with Gasteiger partial charge in [-0.25, -0.2) is 9.97 Å². The lowest BCUT2D eigenvalue weighted by Crippen LogP contribution is -2.29. The highest BCUT2D eigenvalue weighted by atomic mass is 35.5. The fourth-order valence-electron chi connectivity index (χ4n) is 3.84. The summed E-state index contributed by atoms with van der Waals surface area (Å²) in [5, 5.41) is 3.96. The van der Waals surface area contributed by atoms with Gasteiger partial charge < -0.3 is 10.2 Å². The lowest BCUT2D eigenvalue weighted by atomic mass is 10.1. The molecule has 4 aromatic rings. The molecule has 190 valence electrons. The minimum absolute atomic E-state index is 0.0639. The van der Waals surface area contributed by atoms with Crippen LogP contribution in [0.5, 0.6) is 0 Å². The molecule has 7 heteroatoms. The van der Waals surface area contributed by atoms with Crippen molar-refractivity contribution in [2.75, 3.05) is 11.4 Å². The predicted octanol–water partition coefficient (Wildman–Crippen LogP) is 6.81. The van der Waals surface area contributed by atoms with Crippen LogP contribution in [0.2, 0.25) is 5.15 Å². The molecule has 0 aliphatic heterocycles. The highest BCUT2D eigenvalue weighted by Gasteiger charge is 2.14. The van der Waals surface area contributed by atoms with E-state index in [1.807, 2.05) is 56.3 Å². The van der Waals surface area contributed by atoms with Gasteiger partial charge in [0.15, 0.2) is 5.16 Å². The molecule has 0 atom stereocenters. The summed E-state index contributed by atoms with van der Waals surface area (Å²) >= 11 is 7.99. The second-order valence-electron chi connectivity index (χ2n) is 9.09. The first-order valence-electron chi connectivity index (χ1n) is 12.4. The molecule has 0 saturated carbocycles. The number of halogens is 1. The van der Waals surface area contributed by atoms with E-state index in [9.17, 15) is 4.79 Å². The number of rotatable bonds is 11. The molecule has 0 unspecified atom stereocenters. The Balaban J connectivity index is 1.47. The van der Waals surface area contributed by atoms with Crippen LogP contribution in [0.3, 0.4) is 0 Å². The standard InChI is InChI=1S/C30H31ClN4OS/c1-22(2)32-29(36)26-15-13-25(14-16-26)21-37-30-33-27(31)19-28(34-30)35(20-24-11-7-4-8-12-24)18-17-23-9-5-3-6-10-23/h3-16,19,22H,17-18,20-21H2,1-2H3,(H,32,36). The van der Waals surface area contributed by atoms with Gasteiger partial charge in [0.2, 0.25) is 0 Å². The molecular weight excluding hydrogens is 500 g/mol. The third-order valence-electron chi connectivity index (χ3n) is 5.72. The molecule has 37 heavy (non-hydrogen) atoms. The van der Waals surface area contributed by atoms with Crippen LogP contribution in [-0.4, -0.2) is 28.5 Å². The Bertz CT molecular complexity index is 1280. The molecule has 1 N–H and O–H groups in total. The first kappa shape index (κ1) is 26.7. The Morgan fingerprint density at radius 1 is 0.892 bits per heavy atom. The van der Waals surface area contributed by atoms with Crippen molar-refractivity contribution in [3.8, 4) is 0 Å². The zero-order valence-electron chi connectivity index (χ0n) is 21.1. The fraction of sp³-hybridized carbons (Fsp3) is 0.233. The van der Waals surface area contributed by atoms with Gasteiger partial charge >= 0.3 is 0 Å². The van der Waals surface area contributed by atoms with Gasteiger partial charge in [-0.2, -0.15) is 0 Å². The summed E-state index contributed by atoms with van der Waals surface area (Å²) in [6, 6.07) is 30.4. The van der Waals surface area contributed by atoms with E-state index in [0.29, 0.717) is 21.6 Å². The molecule has 0 aliphatic rings. The van der Waals surface area contributed by atoms with Gasteiger partial charge in [-0.15, -0.1) is 0 Å². The number of anilines is 1. The second kappa shape index (κ2) is 13.3. The molecule has 0 bridgehead atoms. The first-order chi connectivity index (χ1) is 18.0. The molecule has 1 heterocycles. The Hall–Kier alpha value is -3.35. The Morgan fingerprint density at radius 2 is 1.54 bits per heavy atom. The van der Waals surface area contributed by atoms with Gasteiger partial charge in [-0.1, -0.05) is 96.2 Å². The van der Waals surface area contributed by atoms with E-state index in [0.717, 1.165) is 30.9 Å². The average Bonchev–Trinajstić information content (AvgIpc) is 2.90. The minimum Gasteiger partial charge on any atom is -0.352 e. The van der Waals surface area contributed by atoms with Crippen molar-refractivity contribution in [2.45, 2.75) is 43.8 Å². The van der Waals surface area contributed by atoms with Crippen LogP contribution in [0.15, 0.2) is 96.2 Å². The number of hydrogen-bond donors (Lipinski definition) is 1. The highest BCUT2D eigenvalue weighted by Crippen LogP contribution is 2.26. The number of hydrogen-bond acceptors (Lipinski definition) is 5. The third-order valence-corrected chi connectivity index (χ3v) is 6.83.